The molecule has 1 N–H and O–H groups in total. The Kier molecular flexibility index (Phi) is 4.99. The van der Waals surface area contributed by atoms with E-state index in [9.17, 15) is 13.6 Å². The fourth-order valence-electron chi connectivity index (χ4n) is 2.66. The second kappa shape index (κ2) is 7.21. The van der Waals surface area contributed by atoms with E-state index < -0.39 is 6.61 Å². The minimum absolute atomic E-state index is 0.0567. The molecule has 0 aliphatic carbocycles. The number of halogens is 3. The van der Waals surface area contributed by atoms with Gasteiger partial charge in [0.25, 0.3) is 5.91 Å². The Hall–Kier alpha value is -2.80. The van der Waals surface area contributed by atoms with Crippen LogP contribution in [-0.4, -0.2) is 26.7 Å². The van der Waals surface area contributed by atoms with Crippen molar-refractivity contribution in [2.24, 2.45) is 0 Å². The van der Waals surface area contributed by atoms with E-state index in [0.717, 1.165) is 0 Å². The van der Waals surface area contributed by atoms with Gasteiger partial charge in [-0.2, -0.15) is 8.78 Å². The Morgan fingerprint density at radius 3 is 2.35 bits per heavy atom. The second-order valence-corrected chi connectivity index (χ2v) is 5.77. The molecule has 0 radical (unpaired) electrons. The van der Waals surface area contributed by atoms with Crippen LogP contribution in [0.25, 0.3) is 11.6 Å². The Morgan fingerprint density at radius 1 is 1.12 bits per heavy atom. The van der Waals surface area contributed by atoms with Crippen molar-refractivity contribution in [3.8, 4) is 17.2 Å². The lowest BCUT2D eigenvalue weighted by molar-refractivity contribution is -0.110. The summed E-state index contributed by atoms with van der Waals surface area (Å²) in [7, 11) is 2.64. The number of fused-ring (bicyclic) bond motifs is 1. The molecule has 0 unspecified atom stereocenters. The molecule has 8 heteroatoms. The van der Waals surface area contributed by atoms with Crippen LogP contribution in [-0.2, 0) is 4.79 Å². The summed E-state index contributed by atoms with van der Waals surface area (Å²) in [5.41, 5.74) is 2.18. The van der Waals surface area contributed by atoms with Gasteiger partial charge in [-0.25, -0.2) is 0 Å². The molecule has 2 aromatic carbocycles. The van der Waals surface area contributed by atoms with E-state index in [1.54, 1.807) is 24.3 Å². The lowest BCUT2D eigenvalue weighted by Crippen LogP contribution is -2.06. The van der Waals surface area contributed by atoms with Crippen molar-refractivity contribution in [2.75, 3.05) is 19.5 Å². The summed E-state index contributed by atoms with van der Waals surface area (Å²) in [6, 6.07) is 8.00. The number of hydrogen-bond donors (Lipinski definition) is 1. The number of amides is 1. The number of anilines is 1. The zero-order valence-corrected chi connectivity index (χ0v) is 14.6. The number of rotatable bonds is 5. The number of alkyl halides is 2. The third kappa shape index (κ3) is 3.43. The molecule has 1 aliphatic rings. The standard InChI is InChI=1S/C18H14ClF2NO4/c1-24-14-6-9(7-15(25-2)16(14)26-18(20)21)5-12-11-8-10(19)3-4-13(11)22-17(12)23/h3-8,18H,1-2H3,(H,22,23)/b12-5+. The maximum Gasteiger partial charge on any atom is 0.387 e. The number of hydrogen-bond acceptors (Lipinski definition) is 4. The number of methoxy groups -OCH3 is 2. The maximum absolute atomic E-state index is 12.6. The smallest absolute Gasteiger partial charge is 0.387 e. The van der Waals surface area contributed by atoms with Crippen LogP contribution in [0.5, 0.6) is 17.2 Å². The molecule has 3 rings (SSSR count). The maximum atomic E-state index is 12.6. The molecule has 0 fully saturated rings. The van der Waals surface area contributed by atoms with Gasteiger partial charge in [-0.1, -0.05) is 11.6 Å². The number of benzene rings is 2. The first-order chi connectivity index (χ1) is 12.4. The number of carbonyl (C=O) groups excluding carboxylic acids is 1. The minimum Gasteiger partial charge on any atom is -0.493 e. The molecule has 0 bridgehead atoms. The summed E-state index contributed by atoms with van der Waals surface area (Å²) in [6.45, 7) is -3.03. The molecule has 1 aliphatic heterocycles. The predicted octanol–water partition coefficient (Wildman–Crippen LogP) is 4.45. The average molecular weight is 382 g/mol. The van der Waals surface area contributed by atoms with Gasteiger partial charge in [0, 0.05) is 21.8 Å². The highest BCUT2D eigenvalue weighted by molar-refractivity contribution is 6.36. The quantitative estimate of drug-likeness (QED) is 0.777. The average Bonchev–Trinajstić information content (AvgIpc) is 2.90. The van der Waals surface area contributed by atoms with E-state index in [0.29, 0.717) is 27.4 Å². The predicted molar refractivity (Wildman–Crippen MR) is 94.1 cm³/mol. The first-order valence-corrected chi connectivity index (χ1v) is 7.84. The monoisotopic (exact) mass is 381 g/mol. The largest absolute Gasteiger partial charge is 0.493 e. The lowest BCUT2D eigenvalue weighted by Gasteiger charge is -2.14. The summed E-state index contributed by atoms with van der Waals surface area (Å²) in [5, 5.41) is 3.23. The summed E-state index contributed by atoms with van der Waals surface area (Å²) >= 11 is 6.01. The van der Waals surface area contributed by atoms with Crippen LogP contribution in [0.1, 0.15) is 11.1 Å². The van der Waals surface area contributed by atoms with E-state index in [1.165, 1.54) is 26.4 Å². The van der Waals surface area contributed by atoms with Gasteiger partial charge in [0.15, 0.2) is 11.5 Å². The molecular formula is C18H14ClF2NO4. The SMILES string of the molecule is COc1cc(/C=C2/C(=O)Nc3ccc(Cl)cc32)cc(OC)c1OC(F)F. The van der Waals surface area contributed by atoms with Crippen molar-refractivity contribution in [2.45, 2.75) is 6.61 Å². The topological polar surface area (TPSA) is 56.8 Å². The van der Waals surface area contributed by atoms with Crippen molar-refractivity contribution in [1.82, 2.24) is 0 Å². The second-order valence-electron chi connectivity index (χ2n) is 5.34. The third-order valence-corrected chi connectivity index (χ3v) is 4.00. The highest BCUT2D eigenvalue weighted by Gasteiger charge is 2.25. The molecule has 0 spiro atoms. The van der Waals surface area contributed by atoms with E-state index in [4.69, 9.17) is 21.1 Å². The molecule has 2 aromatic rings. The minimum atomic E-state index is -3.03. The van der Waals surface area contributed by atoms with Gasteiger partial charge in [-0.3, -0.25) is 4.79 Å². The van der Waals surface area contributed by atoms with Crippen LogP contribution in [0, 0.1) is 0 Å². The Labute approximate surface area is 153 Å². The van der Waals surface area contributed by atoms with Crippen molar-refractivity contribution in [1.29, 1.82) is 0 Å². The molecule has 26 heavy (non-hydrogen) atoms. The van der Waals surface area contributed by atoms with Gasteiger partial charge in [0.1, 0.15) is 0 Å². The van der Waals surface area contributed by atoms with Gasteiger partial charge in [-0.15, -0.1) is 0 Å². The van der Waals surface area contributed by atoms with E-state index in [1.807, 2.05) is 0 Å². The molecular weight excluding hydrogens is 368 g/mol. The first kappa shape index (κ1) is 18.0. The van der Waals surface area contributed by atoms with Crippen LogP contribution in [0.4, 0.5) is 14.5 Å². The molecule has 1 amide bonds. The Bertz CT molecular complexity index is 874. The first-order valence-electron chi connectivity index (χ1n) is 7.46. The summed E-state index contributed by atoms with van der Waals surface area (Å²) in [5.74, 6) is -0.401. The summed E-state index contributed by atoms with van der Waals surface area (Å²) < 4.78 is 40.0. The van der Waals surface area contributed by atoms with E-state index >= 15 is 0 Å². The molecule has 0 saturated heterocycles. The molecule has 0 atom stereocenters. The van der Waals surface area contributed by atoms with Crippen molar-refractivity contribution in [3.05, 3.63) is 46.5 Å². The van der Waals surface area contributed by atoms with Crippen LogP contribution < -0.4 is 19.5 Å². The van der Waals surface area contributed by atoms with Crippen molar-refractivity contribution >= 4 is 34.8 Å². The van der Waals surface area contributed by atoms with Gasteiger partial charge in [0.2, 0.25) is 5.75 Å². The fraction of sp³-hybridized carbons (Fsp3) is 0.167. The normalized spacial score (nSPS) is 14.4. The van der Waals surface area contributed by atoms with Crippen LogP contribution in [0.15, 0.2) is 30.3 Å². The Balaban J connectivity index is 2.09. The number of nitrogens with one attached hydrogen (secondary N) is 1. The van der Waals surface area contributed by atoms with Crippen LogP contribution >= 0.6 is 11.6 Å². The van der Waals surface area contributed by atoms with Gasteiger partial charge in [0.05, 0.1) is 14.2 Å². The number of ether oxygens (including phenoxy) is 3. The van der Waals surface area contributed by atoms with Gasteiger partial charge in [-0.05, 0) is 42.0 Å². The van der Waals surface area contributed by atoms with Crippen molar-refractivity contribution in [3.63, 3.8) is 0 Å². The highest BCUT2D eigenvalue weighted by Crippen LogP contribution is 2.41. The zero-order valence-electron chi connectivity index (χ0n) is 13.8. The molecule has 0 saturated carbocycles. The van der Waals surface area contributed by atoms with Crippen LogP contribution in [0.3, 0.4) is 0 Å². The van der Waals surface area contributed by atoms with Crippen molar-refractivity contribution < 1.29 is 27.8 Å². The molecule has 0 aromatic heterocycles. The number of carbonyl (C=O) groups is 1. The van der Waals surface area contributed by atoms with E-state index in [-0.39, 0.29) is 23.2 Å². The molecule has 136 valence electrons. The highest BCUT2D eigenvalue weighted by atomic mass is 35.5. The van der Waals surface area contributed by atoms with Crippen LogP contribution in [0.2, 0.25) is 5.02 Å². The fourth-order valence-corrected chi connectivity index (χ4v) is 2.83. The van der Waals surface area contributed by atoms with Gasteiger partial charge < -0.3 is 19.5 Å². The molecule has 5 nitrogen and oxygen atoms in total. The van der Waals surface area contributed by atoms with E-state index in [2.05, 4.69) is 10.1 Å². The summed E-state index contributed by atoms with van der Waals surface area (Å²) in [4.78, 5) is 12.3. The molecule has 1 heterocycles. The van der Waals surface area contributed by atoms with Gasteiger partial charge >= 0.3 is 6.61 Å². The Morgan fingerprint density at radius 2 is 1.77 bits per heavy atom. The zero-order chi connectivity index (χ0) is 18.8. The summed E-state index contributed by atoms with van der Waals surface area (Å²) in [6.07, 6.45) is 1.59. The lowest BCUT2D eigenvalue weighted by atomic mass is 10.0. The third-order valence-electron chi connectivity index (χ3n) is 3.77.